The first-order valence-corrected chi connectivity index (χ1v) is 31.3. The lowest BCUT2D eigenvalue weighted by molar-refractivity contribution is 0.262. The van der Waals surface area contributed by atoms with E-state index in [1.807, 2.05) is 35.0 Å². The second-order valence-corrected chi connectivity index (χ2v) is 24.4. The van der Waals surface area contributed by atoms with Crippen LogP contribution in [0.4, 0.5) is 8.78 Å². The zero-order chi connectivity index (χ0) is 48.8. The van der Waals surface area contributed by atoms with Crippen LogP contribution in [-0.4, -0.2) is 30.7 Å². The Labute approximate surface area is 445 Å². The molecule has 0 saturated heterocycles. The average Bonchev–Trinajstić information content (AvgIpc) is 4.23. The Morgan fingerprint density at radius 2 is 0.775 bits per heavy atom. The summed E-state index contributed by atoms with van der Waals surface area (Å²) in [7, 11) is 0. The molecule has 0 N–H and O–H groups in total. The topological polar surface area (TPSA) is 70.0 Å². The minimum atomic E-state index is -0.306. The maximum absolute atomic E-state index is 16.2. The predicted octanol–water partition coefficient (Wildman–Crippen LogP) is 20.9. The van der Waals surface area contributed by atoms with Gasteiger partial charge in [0.15, 0.2) is 11.5 Å². The fraction of sp³-hybridized carbons (Fsp3) is 0.429. The highest BCUT2D eigenvalue weighted by Crippen LogP contribution is 2.57. The molecule has 0 fully saturated rings. The van der Waals surface area contributed by atoms with E-state index in [1.54, 1.807) is 46.1 Å². The predicted molar refractivity (Wildman–Crippen MR) is 305 cm³/mol. The Bertz CT molecular complexity index is 2840. The van der Waals surface area contributed by atoms with Crippen LogP contribution in [0.3, 0.4) is 0 Å². The summed E-state index contributed by atoms with van der Waals surface area (Å²) in [5.41, 5.74) is 5.04. The molecule has 6 nitrogen and oxygen atoms in total. The van der Waals surface area contributed by atoms with Gasteiger partial charge in [0, 0.05) is 40.4 Å². The third kappa shape index (κ3) is 12.7. The minimum absolute atomic E-state index is 0.306. The van der Waals surface area contributed by atoms with Gasteiger partial charge in [-0.05, 0) is 72.1 Å². The molecule has 71 heavy (non-hydrogen) atoms. The van der Waals surface area contributed by atoms with Gasteiger partial charge in [0.2, 0.25) is 0 Å². The van der Waals surface area contributed by atoms with Gasteiger partial charge in [-0.3, -0.25) is 0 Å². The van der Waals surface area contributed by atoms with Gasteiger partial charge in [0.05, 0.1) is 57.6 Å². The van der Waals surface area contributed by atoms with Crippen LogP contribution in [-0.2, 0) is 0 Å². The summed E-state index contributed by atoms with van der Waals surface area (Å²) >= 11 is 10.1. The highest BCUT2D eigenvalue weighted by molar-refractivity contribution is 7.28. The zero-order valence-electron chi connectivity index (χ0n) is 40.7. The highest BCUT2D eigenvalue weighted by Gasteiger charge is 2.28. The molecule has 0 radical (unpaired) electrons. The van der Waals surface area contributed by atoms with Crippen LogP contribution in [0.5, 0.6) is 11.5 Å². The van der Waals surface area contributed by atoms with E-state index in [9.17, 15) is 0 Å². The van der Waals surface area contributed by atoms with Gasteiger partial charge >= 0.3 is 0 Å². The van der Waals surface area contributed by atoms with Crippen molar-refractivity contribution in [2.24, 2.45) is 0 Å². The molecule has 0 spiro atoms. The van der Waals surface area contributed by atoms with Crippen molar-refractivity contribution in [2.45, 2.75) is 142 Å². The third-order valence-corrected chi connectivity index (χ3v) is 19.6. The Morgan fingerprint density at radius 3 is 1.15 bits per heavy atom. The normalized spacial score (nSPS) is 11.8. The number of fused-ring (bicyclic) bond motifs is 2. The van der Waals surface area contributed by atoms with Gasteiger partial charge in [-0.2, -0.15) is 17.5 Å². The van der Waals surface area contributed by atoms with Crippen molar-refractivity contribution < 1.29 is 18.3 Å². The maximum atomic E-state index is 16.2. The summed E-state index contributed by atoms with van der Waals surface area (Å²) in [6.07, 6.45) is 24.9. The largest absolute Gasteiger partial charge is 0.488 e. The number of thiophene rings is 5. The third-order valence-electron chi connectivity index (χ3n) is 13.0. The van der Waals surface area contributed by atoms with Crippen molar-refractivity contribution >= 4 is 102 Å². The van der Waals surface area contributed by atoms with E-state index < -0.39 is 0 Å². The Balaban J connectivity index is 1.03. The molecule has 9 aromatic rings. The summed E-state index contributed by atoms with van der Waals surface area (Å²) in [5.74, 6) is 0.904. The lowest BCUT2D eigenvalue weighted by Gasteiger charge is -2.12. The zero-order valence-corrected chi connectivity index (χ0v) is 46.4. The molecule has 0 atom stereocenters. The van der Waals surface area contributed by atoms with E-state index in [0.29, 0.717) is 46.4 Å². The minimum Gasteiger partial charge on any atom is -0.488 e. The van der Waals surface area contributed by atoms with Gasteiger partial charge in [0.1, 0.15) is 33.7 Å². The van der Waals surface area contributed by atoms with Crippen LogP contribution < -0.4 is 9.47 Å². The molecule has 0 aliphatic carbocycles. The standard InChI is InChI=1S/C56H62F2N4O2S7/c1-3-5-7-9-11-13-15-17-19-21-31-63-53-54(64-32-22-20-18-16-14-12-10-8-6-4-2)56(46-30-28-42(68-46)38-36-40(58)48(44-26-24-34-66-44)52-50(38)60-71-62-52)69-55(53)45-29-27-41(67-45)37-35-39(57)47(43-25-23-33-65-43)51-49(37)59-70-61-51/h23-30,33-36H,3-22,31-32H2,1-2H3. The molecule has 0 amide bonds. The Hall–Kier alpha value is -3.96. The summed E-state index contributed by atoms with van der Waals surface area (Å²) in [6.45, 7) is 5.69. The van der Waals surface area contributed by atoms with Crippen molar-refractivity contribution in [3.05, 3.63) is 83.1 Å². The summed E-state index contributed by atoms with van der Waals surface area (Å²) < 4.78 is 64.8. The van der Waals surface area contributed by atoms with E-state index in [-0.39, 0.29) is 11.6 Å². The summed E-state index contributed by atoms with van der Waals surface area (Å²) in [4.78, 5) is 7.48. The lowest BCUT2D eigenvalue weighted by Crippen LogP contribution is -2.02. The molecular weight excluding hydrogens is 1020 g/mol. The van der Waals surface area contributed by atoms with E-state index >= 15 is 8.78 Å². The van der Waals surface area contributed by atoms with Crippen LogP contribution in [0.15, 0.2) is 71.4 Å². The van der Waals surface area contributed by atoms with Crippen molar-refractivity contribution in [2.75, 3.05) is 13.2 Å². The fourth-order valence-corrected chi connectivity index (χ4v) is 15.4. The summed E-state index contributed by atoms with van der Waals surface area (Å²) in [6, 6.07) is 19.3. The number of unbranched alkanes of at least 4 members (excludes halogenated alkanes) is 18. The Morgan fingerprint density at radius 1 is 0.408 bits per heavy atom. The number of nitrogens with zero attached hydrogens (tertiary/aromatic N) is 4. The van der Waals surface area contributed by atoms with Crippen molar-refractivity contribution in [1.82, 2.24) is 17.5 Å². The fourth-order valence-electron chi connectivity index (χ4n) is 9.23. The molecule has 0 saturated carbocycles. The van der Waals surface area contributed by atoms with Crippen LogP contribution in [0.1, 0.15) is 142 Å². The molecule has 7 aromatic heterocycles. The monoisotopic (exact) mass is 1080 g/mol. The first kappa shape index (κ1) is 51.9. The van der Waals surface area contributed by atoms with E-state index in [4.69, 9.17) is 18.2 Å². The lowest BCUT2D eigenvalue weighted by atomic mass is 10.1. The van der Waals surface area contributed by atoms with Gasteiger partial charge in [0.25, 0.3) is 0 Å². The van der Waals surface area contributed by atoms with E-state index in [0.717, 1.165) is 111 Å². The van der Waals surface area contributed by atoms with Crippen LogP contribution in [0.2, 0.25) is 0 Å². The molecule has 0 aliphatic heterocycles. The number of halogens is 2. The van der Waals surface area contributed by atoms with E-state index in [2.05, 4.69) is 46.9 Å². The van der Waals surface area contributed by atoms with Crippen LogP contribution >= 0.6 is 80.1 Å². The van der Waals surface area contributed by atoms with Gasteiger partial charge in [-0.1, -0.05) is 142 Å². The number of benzene rings is 2. The first-order valence-electron chi connectivity index (χ1n) is 25.6. The number of ether oxygens (including phenoxy) is 2. The maximum Gasteiger partial charge on any atom is 0.181 e. The van der Waals surface area contributed by atoms with Gasteiger partial charge < -0.3 is 9.47 Å². The molecule has 0 unspecified atom stereocenters. The second kappa shape index (κ2) is 26.3. The molecule has 0 aliphatic rings. The molecular formula is C56H62F2N4O2S7. The average molecular weight is 1090 g/mol. The molecule has 0 bridgehead atoms. The molecule has 9 rings (SSSR count). The smallest absolute Gasteiger partial charge is 0.181 e. The Kier molecular flexibility index (Phi) is 19.2. The molecule has 15 heteroatoms. The molecule has 2 aromatic carbocycles. The molecule has 374 valence electrons. The van der Waals surface area contributed by atoms with Crippen molar-refractivity contribution in [3.63, 3.8) is 0 Å². The van der Waals surface area contributed by atoms with E-state index in [1.165, 1.54) is 125 Å². The number of aromatic nitrogens is 4. The van der Waals surface area contributed by atoms with Gasteiger partial charge in [-0.15, -0.1) is 56.7 Å². The highest BCUT2D eigenvalue weighted by atomic mass is 32.1. The van der Waals surface area contributed by atoms with Crippen LogP contribution in [0, 0.1) is 11.6 Å². The second-order valence-electron chi connectivity index (χ2n) is 18.2. The number of hydrogen-bond acceptors (Lipinski definition) is 13. The number of rotatable bonds is 30. The summed E-state index contributed by atoms with van der Waals surface area (Å²) in [5, 5.41) is 3.91. The quantitative estimate of drug-likeness (QED) is 0.0418. The first-order chi connectivity index (χ1) is 35.0. The van der Waals surface area contributed by atoms with Crippen molar-refractivity contribution in [3.8, 4) is 72.8 Å². The van der Waals surface area contributed by atoms with Crippen LogP contribution in [0.25, 0.3) is 83.3 Å². The van der Waals surface area contributed by atoms with Crippen molar-refractivity contribution in [1.29, 1.82) is 0 Å². The molecule has 7 heterocycles. The SMILES string of the molecule is CCCCCCCCCCCCOc1c(-c2ccc(-c3cc(F)c(-c4cccs4)c4nsnc34)s2)sc(-c2ccc(-c3cc(F)c(-c4cccs4)c4nsnc34)s2)c1OCCCCCCCCCCCC. The van der Waals surface area contributed by atoms with Gasteiger partial charge in [-0.25, -0.2) is 8.78 Å². The number of hydrogen-bond donors (Lipinski definition) is 0.